The van der Waals surface area contributed by atoms with E-state index >= 15 is 0 Å². The van der Waals surface area contributed by atoms with Gasteiger partial charge in [0.15, 0.2) is 0 Å². The van der Waals surface area contributed by atoms with Gasteiger partial charge in [-0.3, -0.25) is 0 Å². The zero-order chi connectivity index (χ0) is 12.4. The van der Waals surface area contributed by atoms with E-state index in [1.807, 2.05) is 18.2 Å². The quantitative estimate of drug-likeness (QED) is 0.864. The molecule has 2 atom stereocenters. The van der Waals surface area contributed by atoms with Crippen LogP contribution in [0.4, 0.5) is 4.39 Å². The Kier molecular flexibility index (Phi) is 3.11. The Morgan fingerprint density at radius 1 is 1.00 bits per heavy atom. The van der Waals surface area contributed by atoms with Crippen molar-refractivity contribution in [3.8, 4) is 0 Å². The Hall–Kier alpha value is -1.67. The molecule has 3 rings (SSSR count). The summed E-state index contributed by atoms with van der Waals surface area (Å²) in [6, 6.07) is 17.9. The molecule has 0 aliphatic heterocycles. The zero-order valence-corrected chi connectivity index (χ0v) is 10.1. The molecule has 1 nitrogen and oxygen atoms in total. The van der Waals surface area contributed by atoms with Crippen molar-refractivity contribution in [2.45, 2.75) is 24.9 Å². The van der Waals surface area contributed by atoms with Gasteiger partial charge in [0, 0.05) is 18.5 Å². The van der Waals surface area contributed by atoms with Gasteiger partial charge in [-0.15, -0.1) is 0 Å². The first-order valence-electron chi connectivity index (χ1n) is 6.36. The van der Waals surface area contributed by atoms with E-state index in [1.54, 1.807) is 0 Å². The molecule has 1 fully saturated rings. The second-order valence-electron chi connectivity index (χ2n) is 4.87. The summed E-state index contributed by atoms with van der Waals surface area (Å²) in [5.74, 6) is 0.471. The van der Waals surface area contributed by atoms with E-state index in [1.165, 1.54) is 24.1 Å². The van der Waals surface area contributed by atoms with Crippen LogP contribution in [-0.4, -0.2) is 6.04 Å². The fraction of sp³-hybridized carbons (Fsp3) is 0.250. The van der Waals surface area contributed by atoms with Crippen molar-refractivity contribution in [2.75, 3.05) is 0 Å². The minimum absolute atomic E-state index is 0.174. The van der Waals surface area contributed by atoms with Crippen molar-refractivity contribution in [2.24, 2.45) is 0 Å². The van der Waals surface area contributed by atoms with Crippen LogP contribution in [0.3, 0.4) is 0 Å². The number of nitrogens with one attached hydrogen (secondary N) is 1. The fourth-order valence-electron chi connectivity index (χ4n) is 2.34. The summed E-state index contributed by atoms with van der Waals surface area (Å²) in [5, 5.41) is 3.52. The predicted molar refractivity (Wildman–Crippen MR) is 70.8 cm³/mol. The Balaban J connectivity index is 1.53. The Morgan fingerprint density at radius 3 is 2.44 bits per heavy atom. The summed E-state index contributed by atoms with van der Waals surface area (Å²) in [6.07, 6.45) is 1.20. The highest BCUT2D eigenvalue weighted by Crippen LogP contribution is 2.40. The van der Waals surface area contributed by atoms with Crippen molar-refractivity contribution in [3.63, 3.8) is 0 Å². The topological polar surface area (TPSA) is 12.0 Å². The molecule has 0 saturated heterocycles. The van der Waals surface area contributed by atoms with E-state index in [-0.39, 0.29) is 5.82 Å². The minimum Gasteiger partial charge on any atom is -0.309 e. The molecule has 2 heteroatoms. The van der Waals surface area contributed by atoms with Crippen LogP contribution in [-0.2, 0) is 6.54 Å². The van der Waals surface area contributed by atoms with Crippen molar-refractivity contribution in [3.05, 3.63) is 71.5 Å². The smallest absolute Gasteiger partial charge is 0.123 e. The largest absolute Gasteiger partial charge is 0.309 e. The molecule has 0 bridgehead atoms. The highest BCUT2D eigenvalue weighted by molar-refractivity contribution is 5.28. The van der Waals surface area contributed by atoms with Crippen LogP contribution in [0, 0.1) is 5.82 Å². The van der Waals surface area contributed by atoms with Gasteiger partial charge in [-0.2, -0.15) is 0 Å². The standard InChI is InChI=1S/C16H16FN/c17-14-8-6-12(7-9-14)11-18-16-10-15(16)13-4-2-1-3-5-13/h1-9,15-16,18H,10-11H2/t15-,16+/m1/s1. The van der Waals surface area contributed by atoms with Gasteiger partial charge in [-0.1, -0.05) is 42.5 Å². The van der Waals surface area contributed by atoms with E-state index in [4.69, 9.17) is 0 Å². The highest BCUT2D eigenvalue weighted by Gasteiger charge is 2.37. The molecule has 1 aliphatic rings. The molecule has 0 amide bonds. The van der Waals surface area contributed by atoms with E-state index in [0.29, 0.717) is 12.0 Å². The van der Waals surface area contributed by atoms with Crippen molar-refractivity contribution in [1.29, 1.82) is 0 Å². The lowest BCUT2D eigenvalue weighted by Gasteiger charge is -2.04. The summed E-state index contributed by atoms with van der Waals surface area (Å²) in [4.78, 5) is 0. The van der Waals surface area contributed by atoms with Gasteiger partial charge in [0.1, 0.15) is 5.82 Å². The molecule has 1 N–H and O–H groups in total. The molecule has 18 heavy (non-hydrogen) atoms. The maximum atomic E-state index is 12.8. The zero-order valence-electron chi connectivity index (χ0n) is 10.1. The number of hydrogen-bond donors (Lipinski definition) is 1. The van der Waals surface area contributed by atoms with Crippen molar-refractivity contribution < 1.29 is 4.39 Å². The maximum Gasteiger partial charge on any atom is 0.123 e. The monoisotopic (exact) mass is 241 g/mol. The highest BCUT2D eigenvalue weighted by atomic mass is 19.1. The average molecular weight is 241 g/mol. The normalized spacial score (nSPS) is 21.8. The molecule has 0 radical (unpaired) electrons. The van der Waals surface area contributed by atoms with Crippen LogP contribution in [0.15, 0.2) is 54.6 Å². The lowest BCUT2D eigenvalue weighted by atomic mass is 10.1. The van der Waals surface area contributed by atoms with Gasteiger partial charge in [0.05, 0.1) is 0 Å². The van der Waals surface area contributed by atoms with Crippen LogP contribution in [0.5, 0.6) is 0 Å². The van der Waals surface area contributed by atoms with Crippen LogP contribution in [0.2, 0.25) is 0 Å². The molecular formula is C16H16FN. The van der Waals surface area contributed by atoms with Crippen LogP contribution in [0.25, 0.3) is 0 Å². The molecule has 0 heterocycles. The summed E-state index contributed by atoms with van der Waals surface area (Å²) in [6.45, 7) is 0.814. The van der Waals surface area contributed by atoms with Crippen molar-refractivity contribution >= 4 is 0 Å². The molecule has 0 unspecified atom stereocenters. The summed E-state index contributed by atoms with van der Waals surface area (Å²) < 4.78 is 12.8. The van der Waals surface area contributed by atoms with Gasteiger partial charge in [0.2, 0.25) is 0 Å². The fourth-order valence-corrected chi connectivity index (χ4v) is 2.34. The molecule has 2 aromatic carbocycles. The third-order valence-corrected chi connectivity index (χ3v) is 3.50. The van der Waals surface area contributed by atoms with Crippen LogP contribution < -0.4 is 5.32 Å². The third kappa shape index (κ3) is 2.59. The van der Waals surface area contributed by atoms with E-state index in [0.717, 1.165) is 12.1 Å². The Labute approximate surface area is 107 Å². The first-order chi connectivity index (χ1) is 8.83. The second-order valence-corrected chi connectivity index (χ2v) is 4.87. The number of benzene rings is 2. The molecule has 0 aromatic heterocycles. The van der Waals surface area contributed by atoms with Crippen LogP contribution >= 0.6 is 0 Å². The lowest BCUT2D eigenvalue weighted by Crippen LogP contribution is -2.17. The Bertz CT molecular complexity index is 506. The Morgan fingerprint density at radius 2 is 1.72 bits per heavy atom. The number of rotatable bonds is 4. The molecule has 1 saturated carbocycles. The van der Waals surface area contributed by atoms with Crippen LogP contribution in [0.1, 0.15) is 23.5 Å². The van der Waals surface area contributed by atoms with E-state index in [9.17, 15) is 4.39 Å². The van der Waals surface area contributed by atoms with E-state index in [2.05, 4.69) is 29.6 Å². The summed E-state index contributed by atoms with van der Waals surface area (Å²) in [5.41, 5.74) is 2.55. The van der Waals surface area contributed by atoms with Gasteiger partial charge in [-0.05, 0) is 29.7 Å². The van der Waals surface area contributed by atoms with Gasteiger partial charge < -0.3 is 5.32 Å². The first kappa shape index (κ1) is 11.4. The summed E-state index contributed by atoms with van der Waals surface area (Å²) in [7, 11) is 0. The molecule has 2 aromatic rings. The number of hydrogen-bond acceptors (Lipinski definition) is 1. The molecule has 92 valence electrons. The third-order valence-electron chi connectivity index (χ3n) is 3.50. The average Bonchev–Trinajstić information content (AvgIpc) is 3.19. The predicted octanol–water partition coefficient (Wildman–Crippen LogP) is 3.47. The van der Waals surface area contributed by atoms with Gasteiger partial charge in [0.25, 0.3) is 0 Å². The second kappa shape index (κ2) is 4.91. The minimum atomic E-state index is -0.174. The maximum absolute atomic E-state index is 12.8. The molecular weight excluding hydrogens is 225 g/mol. The van der Waals surface area contributed by atoms with E-state index < -0.39 is 0 Å². The van der Waals surface area contributed by atoms with Gasteiger partial charge >= 0.3 is 0 Å². The first-order valence-corrected chi connectivity index (χ1v) is 6.36. The SMILES string of the molecule is Fc1ccc(CN[C@H]2C[C@@H]2c2ccccc2)cc1. The van der Waals surface area contributed by atoms with Crippen molar-refractivity contribution in [1.82, 2.24) is 5.32 Å². The lowest BCUT2D eigenvalue weighted by molar-refractivity contribution is 0.624. The molecule has 0 spiro atoms. The number of halogens is 1. The summed E-state index contributed by atoms with van der Waals surface area (Å²) >= 11 is 0. The van der Waals surface area contributed by atoms with Gasteiger partial charge in [-0.25, -0.2) is 4.39 Å². The molecule has 1 aliphatic carbocycles.